The maximum atomic E-state index is 11.4. The zero-order valence-electron chi connectivity index (χ0n) is 9.66. The van der Waals surface area contributed by atoms with Gasteiger partial charge in [-0.05, 0) is 19.1 Å². The van der Waals surface area contributed by atoms with E-state index in [0.29, 0.717) is 22.8 Å². The molecule has 1 N–H and O–H groups in total. The summed E-state index contributed by atoms with van der Waals surface area (Å²) in [4.78, 5) is 11.4. The predicted molar refractivity (Wildman–Crippen MR) is 63.0 cm³/mol. The summed E-state index contributed by atoms with van der Waals surface area (Å²) in [6.07, 6.45) is 0. The number of methoxy groups -OCH3 is 2. The quantitative estimate of drug-likeness (QED) is 0.793. The molecule has 0 spiro atoms. The maximum absolute atomic E-state index is 11.4. The third-order valence-corrected chi connectivity index (χ3v) is 2.03. The van der Waals surface area contributed by atoms with Crippen molar-refractivity contribution in [3.8, 4) is 11.5 Å². The van der Waals surface area contributed by atoms with E-state index in [1.54, 1.807) is 39.3 Å². The van der Waals surface area contributed by atoms with E-state index in [0.717, 1.165) is 0 Å². The molecule has 0 aliphatic rings. The van der Waals surface area contributed by atoms with Crippen LogP contribution in [-0.2, 0) is 4.79 Å². The summed E-state index contributed by atoms with van der Waals surface area (Å²) in [5, 5.41) is 2.69. The van der Waals surface area contributed by atoms with Crippen LogP contribution in [0.1, 0.15) is 6.92 Å². The van der Waals surface area contributed by atoms with E-state index < -0.39 is 0 Å². The molecule has 0 atom stereocenters. The number of nitrogens with one attached hydrogen (secondary N) is 1. The van der Waals surface area contributed by atoms with Crippen LogP contribution in [0.4, 0.5) is 5.69 Å². The van der Waals surface area contributed by atoms with Crippen molar-refractivity contribution in [3.05, 3.63) is 30.4 Å². The second kappa shape index (κ2) is 5.21. The number of hydrogen-bond donors (Lipinski definition) is 1. The van der Waals surface area contributed by atoms with Crippen molar-refractivity contribution in [1.29, 1.82) is 0 Å². The Kier molecular flexibility index (Phi) is 3.94. The Morgan fingerprint density at radius 2 is 1.88 bits per heavy atom. The van der Waals surface area contributed by atoms with Gasteiger partial charge in [-0.25, -0.2) is 0 Å². The Balaban J connectivity index is 2.91. The molecule has 0 unspecified atom stereocenters. The van der Waals surface area contributed by atoms with Crippen molar-refractivity contribution in [3.63, 3.8) is 0 Å². The minimum absolute atomic E-state index is 0.216. The summed E-state index contributed by atoms with van der Waals surface area (Å²) in [7, 11) is 3.10. The predicted octanol–water partition coefficient (Wildman–Crippen LogP) is 2.22. The largest absolute Gasteiger partial charge is 0.493 e. The number of rotatable bonds is 4. The summed E-state index contributed by atoms with van der Waals surface area (Å²) in [5.41, 5.74) is 1.10. The minimum atomic E-state index is -0.216. The fraction of sp³-hybridized carbons (Fsp3) is 0.250. The highest BCUT2D eigenvalue weighted by molar-refractivity contribution is 6.02. The highest BCUT2D eigenvalue weighted by Crippen LogP contribution is 2.29. The van der Waals surface area contributed by atoms with Crippen molar-refractivity contribution >= 4 is 11.6 Å². The summed E-state index contributed by atoms with van der Waals surface area (Å²) in [6, 6.07) is 5.16. The summed E-state index contributed by atoms with van der Waals surface area (Å²) < 4.78 is 10.2. The molecule has 0 bridgehead atoms. The first-order valence-electron chi connectivity index (χ1n) is 4.77. The summed E-state index contributed by atoms with van der Waals surface area (Å²) >= 11 is 0. The van der Waals surface area contributed by atoms with E-state index in [2.05, 4.69) is 11.9 Å². The molecule has 0 aliphatic carbocycles. The smallest absolute Gasteiger partial charge is 0.250 e. The van der Waals surface area contributed by atoms with E-state index >= 15 is 0 Å². The number of benzene rings is 1. The first-order chi connectivity index (χ1) is 7.58. The zero-order valence-corrected chi connectivity index (χ0v) is 9.66. The number of carbonyl (C=O) groups is 1. The second-order valence-electron chi connectivity index (χ2n) is 3.30. The first-order valence-corrected chi connectivity index (χ1v) is 4.77. The first kappa shape index (κ1) is 12.1. The van der Waals surface area contributed by atoms with Crippen LogP contribution >= 0.6 is 0 Å². The lowest BCUT2D eigenvalue weighted by molar-refractivity contribution is -0.112. The Hall–Kier alpha value is -1.97. The molecule has 0 heterocycles. The van der Waals surface area contributed by atoms with Gasteiger partial charge in [0.2, 0.25) is 0 Å². The fourth-order valence-electron chi connectivity index (χ4n) is 1.15. The van der Waals surface area contributed by atoms with Gasteiger partial charge >= 0.3 is 0 Å². The van der Waals surface area contributed by atoms with Crippen LogP contribution in [-0.4, -0.2) is 20.1 Å². The molecule has 0 aromatic heterocycles. The number of carbonyl (C=O) groups excluding carboxylic acids is 1. The molecule has 1 amide bonds. The summed E-state index contributed by atoms with van der Waals surface area (Å²) in [6.45, 7) is 5.21. The molecule has 0 saturated carbocycles. The molecule has 4 nitrogen and oxygen atoms in total. The highest BCUT2D eigenvalue weighted by Gasteiger charge is 2.07. The SMILES string of the molecule is C=C(C)C(=O)Nc1ccc(OC)c(OC)c1. The van der Waals surface area contributed by atoms with Crippen LogP contribution < -0.4 is 14.8 Å². The average molecular weight is 221 g/mol. The van der Waals surface area contributed by atoms with E-state index in [9.17, 15) is 4.79 Å². The Labute approximate surface area is 94.9 Å². The van der Waals surface area contributed by atoms with E-state index in [4.69, 9.17) is 9.47 Å². The fourth-order valence-corrected chi connectivity index (χ4v) is 1.15. The zero-order chi connectivity index (χ0) is 12.1. The lowest BCUT2D eigenvalue weighted by atomic mass is 10.2. The van der Waals surface area contributed by atoms with Gasteiger partial charge in [-0.15, -0.1) is 0 Å². The van der Waals surface area contributed by atoms with Gasteiger partial charge in [0.1, 0.15) is 0 Å². The Morgan fingerprint density at radius 3 is 2.38 bits per heavy atom. The van der Waals surface area contributed by atoms with Crippen LogP contribution in [0, 0.1) is 0 Å². The number of anilines is 1. The van der Waals surface area contributed by atoms with Gasteiger partial charge in [0.15, 0.2) is 11.5 Å². The van der Waals surface area contributed by atoms with Gasteiger partial charge in [0.05, 0.1) is 14.2 Å². The van der Waals surface area contributed by atoms with Crippen LogP contribution in [0.25, 0.3) is 0 Å². The monoisotopic (exact) mass is 221 g/mol. The van der Waals surface area contributed by atoms with E-state index in [1.807, 2.05) is 0 Å². The number of amides is 1. The molecule has 1 rings (SSSR count). The third-order valence-electron chi connectivity index (χ3n) is 2.03. The second-order valence-corrected chi connectivity index (χ2v) is 3.30. The van der Waals surface area contributed by atoms with Crippen LogP contribution in [0.5, 0.6) is 11.5 Å². The molecular formula is C12H15NO3. The highest BCUT2D eigenvalue weighted by atomic mass is 16.5. The van der Waals surface area contributed by atoms with Crippen molar-refractivity contribution < 1.29 is 14.3 Å². The van der Waals surface area contributed by atoms with Crippen molar-refractivity contribution in [2.24, 2.45) is 0 Å². The van der Waals surface area contributed by atoms with Crippen molar-refractivity contribution in [2.45, 2.75) is 6.92 Å². The number of hydrogen-bond acceptors (Lipinski definition) is 3. The van der Waals surface area contributed by atoms with Gasteiger partial charge in [0, 0.05) is 17.3 Å². The molecule has 4 heteroatoms. The standard InChI is InChI=1S/C12H15NO3/c1-8(2)12(14)13-9-5-6-10(15-3)11(7-9)16-4/h5-7H,1H2,2-4H3,(H,13,14). The van der Waals surface area contributed by atoms with Crippen LogP contribution in [0.15, 0.2) is 30.4 Å². The summed E-state index contributed by atoms with van der Waals surface area (Å²) in [5.74, 6) is 0.977. The molecule has 0 aliphatic heterocycles. The van der Waals surface area contributed by atoms with Gasteiger partial charge in [0.25, 0.3) is 5.91 Å². The molecule has 0 fully saturated rings. The number of ether oxygens (including phenoxy) is 2. The molecule has 0 radical (unpaired) electrons. The van der Waals surface area contributed by atoms with Gasteiger partial charge in [-0.1, -0.05) is 6.58 Å². The van der Waals surface area contributed by atoms with Gasteiger partial charge in [-0.2, -0.15) is 0 Å². The maximum Gasteiger partial charge on any atom is 0.250 e. The lowest BCUT2D eigenvalue weighted by Crippen LogP contribution is -2.11. The van der Waals surface area contributed by atoms with E-state index in [1.165, 1.54) is 0 Å². The van der Waals surface area contributed by atoms with Crippen LogP contribution in [0.2, 0.25) is 0 Å². The normalized spacial score (nSPS) is 9.44. The van der Waals surface area contributed by atoms with E-state index in [-0.39, 0.29) is 5.91 Å². The molecule has 1 aromatic rings. The van der Waals surface area contributed by atoms with Crippen molar-refractivity contribution in [1.82, 2.24) is 0 Å². The third kappa shape index (κ3) is 2.76. The average Bonchev–Trinajstić information content (AvgIpc) is 2.28. The van der Waals surface area contributed by atoms with Gasteiger partial charge in [-0.3, -0.25) is 4.79 Å². The lowest BCUT2D eigenvalue weighted by Gasteiger charge is -2.10. The van der Waals surface area contributed by atoms with Crippen LogP contribution in [0.3, 0.4) is 0 Å². The Bertz CT molecular complexity index is 413. The molecule has 0 saturated heterocycles. The van der Waals surface area contributed by atoms with Gasteiger partial charge < -0.3 is 14.8 Å². The molecule has 86 valence electrons. The molecule has 16 heavy (non-hydrogen) atoms. The topological polar surface area (TPSA) is 47.6 Å². The Morgan fingerprint density at radius 1 is 1.25 bits per heavy atom. The molecule has 1 aromatic carbocycles. The van der Waals surface area contributed by atoms with Crippen molar-refractivity contribution in [2.75, 3.05) is 19.5 Å². The minimum Gasteiger partial charge on any atom is -0.493 e. The molecular weight excluding hydrogens is 206 g/mol.